The maximum absolute atomic E-state index is 12.2. The average Bonchev–Trinajstić information content (AvgIpc) is 2.32. The van der Waals surface area contributed by atoms with Crippen LogP contribution in [-0.4, -0.2) is 24.1 Å². The van der Waals surface area contributed by atoms with Gasteiger partial charge in [-0.05, 0) is 33.6 Å². The molecule has 0 aromatic carbocycles. The highest BCUT2D eigenvalue weighted by Gasteiger charge is 2.47. The maximum atomic E-state index is 12.2. The molecule has 0 aromatic heterocycles. The summed E-state index contributed by atoms with van der Waals surface area (Å²) in [5.74, 6) is -0.697. The van der Waals surface area contributed by atoms with Crippen LogP contribution in [0.5, 0.6) is 0 Å². The first-order valence-corrected chi connectivity index (χ1v) is 6.78. The summed E-state index contributed by atoms with van der Waals surface area (Å²) in [4.78, 5) is 36.1. The van der Waals surface area contributed by atoms with Crippen LogP contribution < -0.4 is 0 Å². The Morgan fingerprint density at radius 3 is 2.32 bits per heavy atom. The molecule has 0 bridgehead atoms. The zero-order chi connectivity index (χ0) is 14.5. The molecule has 0 radical (unpaired) electrons. The summed E-state index contributed by atoms with van der Waals surface area (Å²) in [6.45, 7) is 5.80. The number of ketones is 2. The molecular weight excluding hydrogens is 244 g/mol. The van der Waals surface area contributed by atoms with Crippen molar-refractivity contribution in [2.75, 3.05) is 6.61 Å². The average molecular weight is 266 g/mol. The highest BCUT2D eigenvalue weighted by Crippen LogP contribution is 2.38. The lowest BCUT2D eigenvalue weighted by molar-refractivity contribution is -0.155. The Bertz CT molecular complexity index is 386. The second-order valence-corrected chi connectivity index (χ2v) is 5.25. The third-order valence-electron chi connectivity index (χ3n) is 3.49. The Morgan fingerprint density at radius 2 is 1.84 bits per heavy atom. The molecule has 4 nitrogen and oxygen atoms in total. The number of Topliss-reactive ketones (excluding diaryl/α,β-unsaturated/α-hetero) is 2. The molecule has 4 heteroatoms. The van der Waals surface area contributed by atoms with Gasteiger partial charge >= 0.3 is 5.97 Å². The van der Waals surface area contributed by atoms with Crippen molar-refractivity contribution in [1.82, 2.24) is 0 Å². The Hall–Kier alpha value is -1.45. The topological polar surface area (TPSA) is 60.4 Å². The van der Waals surface area contributed by atoms with Gasteiger partial charge in [-0.15, -0.1) is 0 Å². The first-order chi connectivity index (χ1) is 8.92. The van der Waals surface area contributed by atoms with Gasteiger partial charge in [0, 0.05) is 12.8 Å². The molecule has 0 amide bonds. The minimum absolute atomic E-state index is 0.116. The van der Waals surface area contributed by atoms with E-state index in [0.717, 1.165) is 5.57 Å². The van der Waals surface area contributed by atoms with Gasteiger partial charge < -0.3 is 4.74 Å². The van der Waals surface area contributed by atoms with Gasteiger partial charge in [0.05, 0.1) is 13.0 Å². The first-order valence-electron chi connectivity index (χ1n) is 6.78. The Kier molecular flexibility index (Phi) is 5.45. The predicted molar refractivity (Wildman–Crippen MR) is 71.6 cm³/mol. The summed E-state index contributed by atoms with van der Waals surface area (Å²) in [5.41, 5.74) is -0.142. The van der Waals surface area contributed by atoms with Crippen LogP contribution in [0.25, 0.3) is 0 Å². The van der Waals surface area contributed by atoms with Crippen molar-refractivity contribution >= 4 is 17.5 Å². The van der Waals surface area contributed by atoms with E-state index in [1.165, 1.54) is 0 Å². The Morgan fingerprint density at radius 1 is 1.26 bits per heavy atom. The van der Waals surface area contributed by atoms with Crippen LogP contribution in [0.3, 0.4) is 0 Å². The van der Waals surface area contributed by atoms with Crippen LogP contribution in [0, 0.1) is 5.41 Å². The maximum Gasteiger partial charge on any atom is 0.307 e. The van der Waals surface area contributed by atoms with E-state index in [4.69, 9.17) is 4.74 Å². The van der Waals surface area contributed by atoms with Crippen molar-refractivity contribution in [3.63, 3.8) is 0 Å². The summed E-state index contributed by atoms with van der Waals surface area (Å²) >= 11 is 0. The number of hydrogen-bond acceptors (Lipinski definition) is 4. The highest BCUT2D eigenvalue weighted by atomic mass is 16.5. The van der Waals surface area contributed by atoms with Crippen molar-refractivity contribution in [3.8, 4) is 0 Å². The fraction of sp³-hybridized carbons (Fsp3) is 0.667. The zero-order valence-electron chi connectivity index (χ0n) is 12.0. The van der Waals surface area contributed by atoms with E-state index in [1.54, 1.807) is 6.92 Å². The minimum Gasteiger partial charge on any atom is -0.466 e. The van der Waals surface area contributed by atoms with E-state index < -0.39 is 11.4 Å². The molecule has 1 saturated carbocycles. The van der Waals surface area contributed by atoms with Crippen molar-refractivity contribution in [1.29, 1.82) is 0 Å². The Balaban J connectivity index is 3.00. The third-order valence-corrected chi connectivity index (χ3v) is 3.49. The lowest BCUT2D eigenvalue weighted by Gasteiger charge is -2.32. The van der Waals surface area contributed by atoms with Crippen molar-refractivity contribution in [2.24, 2.45) is 5.41 Å². The van der Waals surface area contributed by atoms with E-state index in [9.17, 15) is 14.4 Å². The summed E-state index contributed by atoms with van der Waals surface area (Å²) in [5, 5.41) is 0. The fourth-order valence-corrected chi connectivity index (χ4v) is 2.38. The Labute approximate surface area is 114 Å². The van der Waals surface area contributed by atoms with Crippen LogP contribution in [0.15, 0.2) is 11.6 Å². The summed E-state index contributed by atoms with van der Waals surface area (Å²) in [6.07, 6.45) is 3.40. The molecular formula is C15H22O4. The number of carbonyl (C=O) groups excluding carboxylic acids is 3. The van der Waals surface area contributed by atoms with Gasteiger partial charge in [-0.2, -0.15) is 0 Å². The standard InChI is InChI=1S/C15H22O4/c1-4-19-14(18)10-15(9-8-11(2)3)12(16)6-5-7-13(15)17/h8H,4-7,9-10H2,1-3H3. The van der Waals surface area contributed by atoms with E-state index in [0.29, 0.717) is 25.7 Å². The predicted octanol–water partition coefficient (Wildman–Crippen LogP) is 2.60. The summed E-state index contributed by atoms with van der Waals surface area (Å²) in [7, 11) is 0. The molecule has 0 unspecified atom stereocenters. The largest absolute Gasteiger partial charge is 0.466 e. The molecule has 0 spiro atoms. The van der Waals surface area contributed by atoms with E-state index in [2.05, 4.69) is 0 Å². The lowest BCUT2D eigenvalue weighted by Crippen LogP contribution is -2.44. The normalized spacial score (nSPS) is 18.1. The monoisotopic (exact) mass is 266 g/mol. The van der Waals surface area contributed by atoms with Crippen LogP contribution in [-0.2, 0) is 19.1 Å². The number of ether oxygens (including phenoxy) is 1. The molecule has 1 aliphatic rings. The molecule has 106 valence electrons. The van der Waals surface area contributed by atoms with Crippen LogP contribution in [0.1, 0.15) is 52.9 Å². The van der Waals surface area contributed by atoms with Gasteiger partial charge in [0.2, 0.25) is 0 Å². The van der Waals surface area contributed by atoms with Gasteiger partial charge in [0.15, 0.2) is 0 Å². The summed E-state index contributed by atoms with van der Waals surface area (Å²) in [6, 6.07) is 0. The zero-order valence-corrected chi connectivity index (χ0v) is 12.0. The quantitative estimate of drug-likeness (QED) is 0.436. The van der Waals surface area contributed by atoms with Gasteiger partial charge in [-0.25, -0.2) is 0 Å². The number of hydrogen-bond donors (Lipinski definition) is 0. The first kappa shape index (κ1) is 15.6. The van der Waals surface area contributed by atoms with Crippen LogP contribution in [0.4, 0.5) is 0 Å². The molecule has 1 rings (SSSR count). The van der Waals surface area contributed by atoms with Crippen molar-refractivity contribution in [3.05, 3.63) is 11.6 Å². The third kappa shape index (κ3) is 3.75. The van der Waals surface area contributed by atoms with Gasteiger partial charge in [0.25, 0.3) is 0 Å². The van der Waals surface area contributed by atoms with E-state index >= 15 is 0 Å². The highest BCUT2D eigenvalue weighted by molar-refractivity contribution is 6.11. The molecule has 0 N–H and O–H groups in total. The molecule has 0 aromatic rings. The summed E-state index contributed by atoms with van der Waals surface area (Å²) < 4.78 is 4.91. The number of rotatable bonds is 5. The number of carbonyl (C=O) groups is 3. The van der Waals surface area contributed by atoms with Crippen LogP contribution >= 0.6 is 0 Å². The molecule has 0 saturated heterocycles. The van der Waals surface area contributed by atoms with Gasteiger partial charge in [-0.3, -0.25) is 14.4 Å². The molecule has 0 heterocycles. The minimum atomic E-state index is -1.18. The molecule has 0 atom stereocenters. The lowest BCUT2D eigenvalue weighted by atomic mass is 9.67. The fourth-order valence-electron chi connectivity index (χ4n) is 2.38. The number of esters is 1. The van der Waals surface area contributed by atoms with E-state index in [-0.39, 0.29) is 24.6 Å². The molecule has 1 fully saturated rings. The van der Waals surface area contributed by atoms with Crippen molar-refractivity contribution < 1.29 is 19.1 Å². The SMILES string of the molecule is CCOC(=O)CC1(CC=C(C)C)C(=O)CCCC1=O. The second kappa shape index (κ2) is 6.64. The molecule has 1 aliphatic carbocycles. The second-order valence-electron chi connectivity index (χ2n) is 5.25. The van der Waals surface area contributed by atoms with Crippen LogP contribution in [0.2, 0.25) is 0 Å². The van der Waals surface area contributed by atoms with Gasteiger partial charge in [0.1, 0.15) is 17.0 Å². The van der Waals surface area contributed by atoms with Gasteiger partial charge in [-0.1, -0.05) is 11.6 Å². The van der Waals surface area contributed by atoms with E-state index in [1.807, 2.05) is 19.9 Å². The molecule has 0 aliphatic heterocycles. The smallest absolute Gasteiger partial charge is 0.307 e. The number of allylic oxidation sites excluding steroid dienone is 2. The molecule has 19 heavy (non-hydrogen) atoms. The van der Waals surface area contributed by atoms with Crippen molar-refractivity contribution in [2.45, 2.75) is 52.9 Å².